The van der Waals surface area contributed by atoms with Gasteiger partial charge in [0.05, 0.1) is 0 Å². The van der Waals surface area contributed by atoms with Gasteiger partial charge in [-0.05, 0) is 18.4 Å². The quantitative estimate of drug-likeness (QED) is 0.246. The molecule has 1 aromatic carbocycles. The molecule has 3 rings (SSSR count). The van der Waals surface area contributed by atoms with Gasteiger partial charge in [-0.2, -0.15) is 4.84 Å². The number of carbonyl (C=O) groups excluding carboxylic acids is 2. The number of quaternary nitrogens is 1. The maximum absolute atomic E-state index is 13.5. The molecule has 8 nitrogen and oxygen atoms in total. The minimum atomic E-state index is -1.14. The van der Waals surface area contributed by atoms with Crippen LogP contribution in [0.5, 0.6) is 0 Å². The molecule has 2 N–H and O–H groups in total. The maximum Gasteiger partial charge on any atom is 0.371 e. The highest BCUT2D eigenvalue weighted by Gasteiger charge is 2.54. The Morgan fingerprint density at radius 2 is 2.06 bits per heavy atom. The van der Waals surface area contributed by atoms with Crippen LogP contribution in [0.3, 0.4) is 0 Å². The number of thiazole rings is 1. The number of benzene rings is 1. The Kier molecular flexibility index (Phi) is 9.71. The van der Waals surface area contributed by atoms with Crippen molar-refractivity contribution in [1.82, 2.24) is 4.98 Å². The van der Waals surface area contributed by atoms with E-state index in [4.69, 9.17) is 4.84 Å². The molecule has 2 unspecified atom stereocenters. The number of nitrogens with one attached hydrogen (secondary N) is 1. The van der Waals surface area contributed by atoms with Gasteiger partial charge in [-0.1, -0.05) is 61.7 Å². The van der Waals surface area contributed by atoms with Crippen molar-refractivity contribution in [3.05, 3.63) is 58.6 Å². The molecule has 1 aliphatic heterocycles. The lowest BCUT2D eigenvalue weighted by molar-refractivity contribution is -1.06. The molecule has 1 aromatic heterocycles. The second kappa shape index (κ2) is 12.7. The van der Waals surface area contributed by atoms with E-state index in [1.807, 2.05) is 25.1 Å². The van der Waals surface area contributed by atoms with Crippen molar-refractivity contribution in [2.45, 2.75) is 64.8 Å². The summed E-state index contributed by atoms with van der Waals surface area (Å²) in [6, 6.07) is 6.21. The zero-order valence-corrected chi connectivity index (χ0v) is 21.2. The Morgan fingerprint density at radius 3 is 2.80 bits per heavy atom. The van der Waals surface area contributed by atoms with Crippen LogP contribution < -0.4 is 5.32 Å². The number of nitrogens with zero attached hydrogens (tertiary/aromatic N) is 2. The number of anilines is 1. The number of carboxylic acids is 1. The number of hydrogen-bond acceptors (Lipinski definition) is 6. The number of carbonyl (C=O) groups is 3. The standard InChI is InChI=1S/C26H33N3O5S/c1-3-5-6-7-13-23(31)29(16-14-19-11-8-9-12-21(19)24(29)25(32)33)34-17-15-20-18-27-26(35-20)28-22(30)10-4-2/h7-9,11-13,18,24H,3-6,10,14-17H2,1-2H3,(H-,27,28,30,32,33)/p+1. The number of fused-ring (bicyclic) bond motifs is 1. The van der Waals surface area contributed by atoms with Crippen LogP contribution in [0.25, 0.3) is 0 Å². The Labute approximate surface area is 210 Å². The molecule has 0 bridgehead atoms. The molecular formula is C26H34N3O5S+. The number of hydrogen-bond donors (Lipinski definition) is 2. The molecular weight excluding hydrogens is 466 g/mol. The monoisotopic (exact) mass is 500 g/mol. The van der Waals surface area contributed by atoms with Crippen molar-refractivity contribution in [2.24, 2.45) is 0 Å². The zero-order chi connectivity index (χ0) is 25.3. The maximum atomic E-state index is 13.5. The van der Waals surface area contributed by atoms with Crippen LogP contribution in [0.2, 0.25) is 0 Å². The van der Waals surface area contributed by atoms with Gasteiger partial charge >= 0.3 is 11.9 Å². The van der Waals surface area contributed by atoms with Gasteiger partial charge in [-0.25, -0.2) is 14.6 Å². The van der Waals surface area contributed by atoms with Gasteiger partial charge in [-0.15, -0.1) is 11.3 Å². The number of unbranched alkanes of at least 4 members (excludes halogenated alkanes) is 2. The van der Waals surface area contributed by atoms with Crippen LogP contribution in [0.4, 0.5) is 5.13 Å². The summed E-state index contributed by atoms with van der Waals surface area (Å²) in [4.78, 5) is 49.1. The van der Waals surface area contributed by atoms with Gasteiger partial charge in [0.25, 0.3) is 0 Å². The molecule has 1 aliphatic rings. The molecule has 2 atom stereocenters. The largest absolute Gasteiger partial charge is 0.476 e. The number of aliphatic carboxylic acids is 1. The summed E-state index contributed by atoms with van der Waals surface area (Å²) >= 11 is 1.35. The second-order valence-electron chi connectivity index (χ2n) is 8.60. The molecule has 0 spiro atoms. The Hall–Kier alpha value is -2.88. The van der Waals surface area contributed by atoms with E-state index in [-0.39, 0.29) is 25.0 Å². The average Bonchev–Trinajstić information content (AvgIpc) is 3.28. The molecule has 0 aliphatic carbocycles. The van der Waals surface area contributed by atoms with Crippen molar-refractivity contribution >= 4 is 34.3 Å². The number of amides is 2. The van der Waals surface area contributed by atoms with Crippen LogP contribution in [0, 0.1) is 0 Å². The first-order valence-electron chi connectivity index (χ1n) is 12.2. The van der Waals surface area contributed by atoms with Crippen molar-refractivity contribution in [3.63, 3.8) is 0 Å². The molecule has 2 aromatic rings. The molecule has 0 radical (unpaired) electrons. The predicted molar refractivity (Wildman–Crippen MR) is 135 cm³/mol. The number of carboxylic acid groups (broad SMARTS) is 1. The van der Waals surface area contributed by atoms with E-state index in [9.17, 15) is 19.5 Å². The van der Waals surface area contributed by atoms with Gasteiger partial charge in [0.1, 0.15) is 13.2 Å². The summed E-state index contributed by atoms with van der Waals surface area (Å²) in [7, 11) is 0. The third-order valence-electron chi connectivity index (χ3n) is 6.02. The SMILES string of the molecule is CCCCC=CC(=O)[N+]1(OCCc2cnc(NC(=O)CCC)s2)CCc2ccccc2C1C(=O)O. The van der Waals surface area contributed by atoms with E-state index in [2.05, 4.69) is 17.2 Å². The molecule has 0 saturated heterocycles. The van der Waals surface area contributed by atoms with Crippen molar-refractivity contribution in [3.8, 4) is 0 Å². The lowest BCUT2D eigenvalue weighted by Crippen LogP contribution is -2.59. The summed E-state index contributed by atoms with van der Waals surface area (Å²) in [6.07, 6.45) is 9.86. The third kappa shape index (κ3) is 6.62. The summed E-state index contributed by atoms with van der Waals surface area (Å²) in [5.74, 6) is -1.53. The topological polar surface area (TPSA) is 106 Å². The highest BCUT2D eigenvalue weighted by molar-refractivity contribution is 7.15. The molecule has 0 saturated carbocycles. The normalized spacial score (nSPS) is 19.4. The highest BCUT2D eigenvalue weighted by Crippen LogP contribution is 2.38. The Bertz CT molecular complexity index is 1070. The predicted octanol–water partition coefficient (Wildman–Crippen LogP) is 4.83. The van der Waals surface area contributed by atoms with Gasteiger partial charge in [-0.3, -0.25) is 4.79 Å². The minimum absolute atomic E-state index is 0.0779. The van der Waals surface area contributed by atoms with Crippen LogP contribution >= 0.6 is 11.3 Å². The average molecular weight is 501 g/mol. The Morgan fingerprint density at radius 1 is 1.26 bits per heavy atom. The van der Waals surface area contributed by atoms with E-state index in [0.29, 0.717) is 30.0 Å². The lowest BCUT2D eigenvalue weighted by atomic mass is 9.91. The van der Waals surface area contributed by atoms with Crippen molar-refractivity contribution in [2.75, 3.05) is 18.5 Å². The zero-order valence-electron chi connectivity index (χ0n) is 20.4. The van der Waals surface area contributed by atoms with Crippen LogP contribution in [-0.4, -0.2) is 45.7 Å². The molecule has 0 fully saturated rings. The van der Waals surface area contributed by atoms with E-state index >= 15 is 0 Å². The van der Waals surface area contributed by atoms with E-state index in [1.165, 1.54) is 17.4 Å². The summed E-state index contributed by atoms with van der Waals surface area (Å²) in [5.41, 5.74) is 1.54. The van der Waals surface area contributed by atoms with E-state index < -0.39 is 16.7 Å². The molecule has 188 valence electrons. The first-order chi connectivity index (χ1) is 16.9. The van der Waals surface area contributed by atoms with Gasteiger partial charge in [0.2, 0.25) is 11.9 Å². The van der Waals surface area contributed by atoms with Gasteiger partial charge in [0, 0.05) is 42.0 Å². The van der Waals surface area contributed by atoms with Crippen molar-refractivity contribution < 1.29 is 29.0 Å². The summed E-state index contributed by atoms with van der Waals surface area (Å²) in [6.45, 7) is 4.40. The third-order valence-corrected chi connectivity index (χ3v) is 6.99. The van der Waals surface area contributed by atoms with Crippen LogP contribution in [0.15, 0.2) is 42.6 Å². The van der Waals surface area contributed by atoms with Crippen LogP contribution in [-0.2, 0) is 32.1 Å². The number of rotatable bonds is 12. The summed E-state index contributed by atoms with van der Waals surface area (Å²) in [5, 5.41) is 13.5. The Balaban J connectivity index is 1.80. The number of aromatic nitrogens is 1. The van der Waals surface area contributed by atoms with Gasteiger partial charge < -0.3 is 10.4 Å². The fourth-order valence-electron chi connectivity index (χ4n) is 4.25. The highest BCUT2D eigenvalue weighted by atomic mass is 32.1. The first-order valence-corrected chi connectivity index (χ1v) is 13.0. The van der Waals surface area contributed by atoms with Crippen molar-refractivity contribution in [1.29, 1.82) is 0 Å². The molecule has 2 heterocycles. The van der Waals surface area contributed by atoms with E-state index in [1.54, 1.807) is 18.3 Å². The van der Waals surface area contributed by atoms with Crippen LogP contribution in [0.1, 0.15) is 68.0 Å². The number of allylic oxidation sites excluding steroid dienone is 1. The van der Waals surface area contributed by atoms with Gasteiger partial charge in [0.15, 0.2) is 5.13 Å². The first kappa shape index (κ1) is 26.7. The lowest BCUT2D eigenvalue weighted by Gasteiger charge is -2.40. The number of hydroxylamine groups is 3. The molecule has 9 heteroatoms. The fraction of sp³-hybridized carbons (Fsp3) is 0.462. The summed E-state index contributed by atoms with van der Waals surface area (Å²) < 4.78 is -0.603. The second-order valence-corrected chi connectivity index (χ2v) is 9.72. The molecule has 2 amide bonds. The molecule has 35 heavy (non-hydrogen) atoms. The fourth-order valence-corrected chi connectivity index (χ4v) is 5.06. The van der Waals surface area contributed by atoms with E-state index in [0.717, 1.165) is 36.1 Å². The smallest absolute Gasteiger partial charge is 0.371 e. The minimum Gasteiger partial charge on any atom is -0.476 e.